The lowest BCUT2D eigenvalue weighted by Crippen LogP contribution is -2.24. The van der Waals surface area contributed by atoms with Crippen molar-refractivity contribution >= 4 is 38.5 Å². The van der Waals surface area contributed by atoms with Crippen molar-refractivity contribution in [3.8, 4) is 0 Å². The highest BCUT2D eigenvalue weighted by molar-refractivity contribution is 9.10. The van der Waals surface area contributed by atoms with E-state index in [1.165, 1.54) is 17.5 Å². The number of thioether (sulfide) groups is 1. The summed E-state index contributed by atoms with van der Waals surface area (Å²) in [5.41, 5.74) is 3.66. The van der Waals surface area contributed by atoms with Gasteiger partial charge in [-0.25, -0.2) is 0 Å². The van der Waals surface area contributed by atoms with Gasteiger partial charge in [0, 0.05) is 10.2 Å². The van der Waals surface area contributed by atoms with Crippen LogP contribution in [0.2, 0.25) is 0 Å². The number of benzene rings is 1. The molecule has 19 heavy (non-hydrogen) atoms. The molecule has 0 aliphatic carbocycles. The van der Waals surface area contributed by atoms with Gasteiger partial charge in [-0.3, -0.25) is 4.99 Å². The average molecular weight is 341 g/mol. The number of nitrogens with one attached hydrogen (secondary N) is 1. The molecule has 0 fully saturated rings. The summed E-state index contributed by atoms with van der Waals surface area (Å²) < 4.78 is 1.11. The summed E-state index contributed by atoms with van der Waals surface area (Å²) in [6.45, 7) is 8.74. The third-order valence-electron chi connectivity index (χ3n) is 3.37. The number of rotatable bonds is 2. The van der Waals surface area contributed by atoms with Crippen molar-refractivity contribution in [2.45, 2.75) is 40.2 Å². The van der Waals surface area contributed by atoms with Crippen molar-refractivity contribution in [1.29, 1.82) is 0 Å². The number of aryl methyl sites for hydroxylation is 2. The summed E-state index contributed by atoms with van der Waals surface area (Å²) in [6, 6.07) is 4.79. The summed E-state index contributed by atoms with van der Waals surface area (Å²) in [5.74, 6) is 1.76. The van der Waals surface area contributed by atoms with Crippen molar-refractivity contribution in [2.24, 2.45) is 10.9 Å². The molecule has 1 aliphatic heterocycles. The normalized spacial score (nSPS) is 19.5. The molecule has 1 N–H and O–H groups in total. The van der Waals surface area contributed by atoms with Crippen LogP contribution in [0.5, 0.6) is 0 Å². The van der Waals surface area contributed by atoms with E-state index in [0.29, 0.717) is 12.0 Å². The second-order valence-corrected chi connectivity index (χ2v) is 7.38. The van der Waals surface area contributed by atoms with E-state index >= 15 is 0 Å². The van der Waals surface area contributed by atoms with Crippen LogP contribution in [0, 0.1) is 19.8 Å². The Morgan fingerprint density at radius 2 is 2.11 bits per heavy atom. The van der Waals surface area contributed by atoms with E-state index in [1.54, 1.807) is 0 Å². The Hall–Kier alpha value is -0.480. The van der Waals surface area contributed by atoms with Gasteiger partial charge in [-0.15, -0.1) is 0 Å². The number of halogens is 1. The number of hydrogen-bond acceptors (Lipinski definition) is 3. The van der Waals surface area contributed by atoms with Crippen molar-refractivity contribution in [2.75, 3.05) is 11.1 Å². The molecule has 1 aromatic carbocycles. The maximum atomic E-state index is 4.83. The SMILES string of the molecule is Cc1cc(C)c(NC2=NC(C(C)C)CCS2)c(Br)c1. The first kappa shape index (κ1) is 14.9. The summed E-state index contributed by atoms with van der Waals surface area (Å²) >= 11 is 5.46. The van der Waals surface area contributed by atoms with Crippen LogP contribution in [0.3, 0.4) is 0 Å². The molecule has 0 amide bonds. The highest BCUT2D eigenvalue weighted by Gasteiger charge is 2.19. The molecule has 0 saturated heterocycles. The lowest BCUT2D eigenvalue weighted by atomic mass is 10.0. The third-order valence-corrected chi connectivity index (χ3v) is 4.91. The summed E-state index contributed by atoms with van der Waals surface area (Å²) in [6.07, 6.45) is 1.18. The lowest BCUT2D eigenvalue weighted by Gasteiger charge is -2.24. The van der Waals surface area contributed by atoms with E-state index in [1.807, 2.05) is 11.8 Å². The van der Waals surface area contributed by atoms with Crippen LogP contribution in [0.1, 0.15) is 31.4 Å². The topological polar surface area (TPSA) is 24.4 Å². The van der Waals surface area contributed by atoms with Gasteiger partial charge in [-0.05, 0) is 59.3 Å². The summed E-state index contributed by atoms with van der Waals surface area (Å²) in [4.78, 5) is 4.83. The van der Waals surface area contributed by atoms with E-state index in [0.717, 1.165) is 21.1 Å². The van der Waals surface area contributed by atoms with Gasteiger partial charge in [0.25, 0.3) is 0 Å². The van der Waals surface area contributed by atoms with E-state index in [-0.39, 0.29) is 0 Å². The minimum atomic E-state index is 0.452. The van der Waals surface area contributed by atoms with Crippen LogP contribution in [-0.4, -0.2) is 17.0 Å². The number of amidine groups is 1. The Morgan fingerprint density at radius 3 is 2.74 bits per heavy atom. The minimum Gasteiger partial charge on any atom is -0.334 e. The predicted octanol–water partition coefficient (Wildman–Crippen LogP) is 5.00. The van der Waals surface area contributed by atoms with Gasteiger partial charge in [0.2, 0.25) is 0 Å². The van der Waals surface area contributed by atoms with Crippen LogP contribution in [0.15, 0.2) is 21.6 Å². The van der Waals surface area contributed by atoms with Gasteiger partial charge >= 0.3 is 0 Å². The number of hydrogen-bond donors (Lipinski definition) is 1. The summed E-state index contributed by atoms with van der Waals surface area (Å²) in [7, 11) is 0. The zero-order valence-electron chi connectivity index (χ0n) is 12.0. The number of aliphatic imine (C=N–C) groups is 1. The van der Waals surface area contributed by atoms with E-state index in [9.17, 15) is 0 Å². The van der Waals surface area contributed by atoms with Gasteiger partial charge in [0.15, 0.2) is 5.17 Å². The molecular weight excluding hydrogens is 320 g/mol. The highest BCUT2D eigenvalue weighted by Crippen LogP contribution is 2.30. The Bertz CT molecular complexity index is 474. The quantitative estimate of drug-likeness (QED) is 0.819. The maximum Gasteiger partial charge on any atom is 0.161 e. The molecule has 2 rings (SSSR count). The molecule has 1 aromatic rings. The monoisotopic (exact) mass is 340 g/mol. The zero-order chi connectivity index (χ0) is 14.0. The van der Waals surface area contributed by atoms with Crippen LogP contribution >= 0.6 is 27.7 Å². The standard InChI is InChI=1S/C15H21BrN2S/c1-9(2)13-5-6-19-15(17-13)18-14-11(4)7-10(3)8-12(14)16/h7-9,13H,5-6H2,1-4H3,(H,17,18). The largest absolute Gasteiger partial charge is 0.334 e. The first-order valence-corrected chi connectivity index (χ1v) is 8.49. The van der Waals surface area contributed by atoms with Gasteiger partial charge in [-0.2, -0.15) is 0 Å². The molecule has 1 heterocycles. The Labute approximate surface area is 128 Å². The predicted molar refractivity (Wildman–Crippen MR) is 90.4 cm³/mol. The average Bonchev–Trinajstić information content (AvgIpc) is 2.34. The fraction of sp³-hybridized carbons (Fsp3) is 0.533. The van der Waals surface area contributed by atoms with Crippen molar-refractivity contribution in [1.82, 2.24) is 0 Å². The molecular formula is C15H21BrN2S. The van der Waals surface area contributed by atoms with E-state index in [2.05, 4.69) is 61.1 Å². The van der Waals surface area contributed by atoms with Gasteiger partial charge < -0.3 is 5.32 Å². The second-order valence-electron chi connectivity index (χ2n) is 5.45. The van der Waals surface area contributed by atoms with Gasteiger partial charge in [0.1, 0.15) is 0 Å². The van der Waals surface area contributed by atoms with Crippen LogP contribution < -0.4 is 5.32 Å². The molecule has 0 bridgehead atoms. The Morgan fingerprint density at radius 1 is 1.37 bits per heavy atom. The van der Waals surface area contributed by atoms with Gasteiger partial charge in [-0.1, -0.05) is 31.7 Å². The van der Waals surface area contributed by atoms with Crippen LogP contribution in [0.25, 0.3) is 0 Å². The van der Waals surface area contributed by atoms with E-state index in [4.69, 9.17) is 4.99 Å². The fourth-order valence-electron chi connectivity index (χ4n) is 2.26. The molecule has 4 heteroatoms. The lowest BCUT2D eigenvalue weighted by molar-refractivity contribution is 0.485. The van der Waals surface area contributed by atoms with Crippen molar-refractivity contribution in [3.63, 3.8) is 0 Å². The summed E-state index contributed by atoms with van der Waals surface area (Å²) in [5, 5.41) is 4.55. The molecule has 1 atom stereocenters. The molecule has 0 radical (unpaired) electrons. The number of nitrogens with zero attached hydrogens (tertiary/aromatic N) is 1. The van der Waals surface area contributed by atoms with Crippen LogP contribution in [-0.2, 0) is 0 Å². The second kappa shape index (κ2) is 6.31. The molecule has 0 aromatic heterocycles. The molecule has 0 spiro atoms. The highest BCUT2D eigenvalue weighted by atomic mass is 79.9. The molecule has 1 aliphatic rings. The van der Waals surface area contributed by atoms with Crippen molar-refractivity contribution in [3.05, 3.63) is 27.7 Å². The first-order chi connectivity index (χ1) is 8.97. The van der Waals surface area contributed by atoms with Crippen molar-refractivity contribution < 1.29 is 0 Å². The molecule has 0 saturated carbocycles. The smallest absolute Gasteiger partial charge is 0.161 e. The van der Waals surface area contributed by atoms with Crippen LogP contribution in [0.4, 0.5) is 5.69 Å². The zero-order valence-corrected chi connectivity index (χ0v) is 14.4. The number of anilines is 1. The Balaban J connectivity index is 2.22. The minimum absolute atomic E-state index is 0.452. The molecule has 2 nitrogen and oxygen atoms in total. The molecule has 104 valence electrons. The maximum absolute atomic E-state index is 4.83. The first-order valence-electron chi connectivity index (χ1n) is 6.71. The van der Waals surface area contributed by atoms with E-state index < -0.39 is 0 Å². The Kier molecular flexibility index (Phi) is 4.96. The third kappa shape index (κ3) is 3.76. The fourth-order valence-corrected chi connectivity index (χ4v) is 3.97. The molecule has 1 unspecified atom stereocenters. The van der Waals surface area contributed by atoms with Gasteiger partial charge in [0.05, 0.1) is 11.7 Å².